The largest absolute Gasteiger partial charge is 0.378 e. The maximum Gasteiger partial charge on any atom is 0.224 e. The zero-order valence-electron chi connectivity index (χ0n) is 11.1. The molecule has 0 bridgehead atoms. The van der Waals surface area contributed by atoms with Crippen LogP contribution in [0.2, 0.25) is 0 Å². The molecule has 3 N–H and O–H groups in total. The number of amides is 1. The van der Waals surface area contributed by atoms with Crippen LogP contribution in [0.1, 0.15) is 12.0 Å². The van der Waals surface area contributed by atoms with E-state index in [-0.39, 0.29) is 11.9 Å². The van der Waals surface area contributed by atoms with Gasteiger partial charge in [0.15, 0.2) is 0 Å². The number of aryl methyl sites for hydroxylation is 1. The maximum absolute atomic E-state index is 11.9. The standard InChI is InChI=1S/C12H19N5O2/c1-9-8-15-12(13)16-11(9)14-3-2-10(18)17-4-6-19-7-5-17/h8H,2-7H2,1H3,(H3,13,14,15,16). The Kier molecular flexibility index (Phi) is 4.51. The molecule has 0 radical (unpaired) electrons. The molecule has 1 amide bonds. The van der Waals surface area contributed by atoms with Gasteiger partial charge in [0.2, 0.25) is 11.9 Å². The van der Waals surface area contributed by atoms with Gasteiger partial charge < -0.3 is 20.7 Å². The minimum Gasteiger partial charge on any atom is -0.378 e. The van der Waals surface area contributed by atoms with E-state index in [1.807, 2.05) is 11.8 Å². The van der Waals surface area contributed by atoms with Crippen LogP contribution < -0.4 is 11.1 Å². The maximum atomic E-state index is 11.9. The molecule has 1 aromatic rings. The lowest BCUT2D eigenvalue weighted by Gasteiger charge is -2.26. The van der Waals surface area contributed by atoms with Crippen molar-refractivity contribution in [1.29, 1.82) is 0 Å². The fourth-order valence-electron chi connectivity index (χ4n) is 1.89. The number of ether oxygens (including phenoxy) is 1. The zero-order chi connectivity index (χ0) is 13.7. The SMILES string of the molecule is Cc1cnc(N)nc1NCCC(=O)N1CCOCC1. The van der Waals surface area contributed by atoms with Crippen LogP contribution in [-0.2, 0) is 9.53 Å². The monoisotopic (exact) mass is 265 g/mol. The first-order valence-corrected chi connectivity index (χ1v) is 6.35. The van der Waals surface area contributed by atoms with Gasteiger partial charge in [-0.15, -0.1) is 0 Å². The number of nitrogens with one attached hydrogen (secondary N) is 1. The molecule has 0 saturated carbocycles. The molecule has 1 aliphatic heterocycles. The van der Waals surface area contributed by atoms with E-state index in [4.69, 9.17) is 10.5 Å². The number of anilines is 2. The van der Waals surface area contributed by atoms with Crippen LogP contribution in [0.5, 0.6) is 0 Å². The Hall–Kier alpha value is -1.89. The topological polar surface area (TPSA) is 93.4 Å². The van der Waals surface area contributed by atoms with E-state index in [2.05, 4.69) is 15.3 Å². The molecule has 104 valence electrons. The van der Waals surface area contributed by atoms with Crippen molar-refractivity contribution >= 4 is 17.7 Å². The number of hydrogen-bond acceptors (Lipinski definition) is 6. The van der Waals surface area contributed by atoms with Gasteiger partial charge >= 0.3 is 0 Å². The molecule has 19 heavy (non-hydrogen) atoms. The molecule has 1 fully saturated rings. The van der Waals surface area contributed by atoms with E-state index in [0.29, 0.717) is 45.1 Å². The lowest BCUT2D eigenvalue weighted by molar-refractivity contribution is -0.134. The van der Waals surface area contributed by atoms with Crippen molar-refractivity contribution in [1.82, 2.24) is 14.9 Å². The van der Waals surface area contributed by atoms with Gasteiger partial charge in [-0.05, 0) is 6.92 Å². The fourth-order valence-corrected chi connectivity index (χ4v) is 1.89. The third kappa shape index (κ3) is 3.78. The molecule has 2 heterocycles. The minimum atomic E-state index is 0.135. The first-order chi connectivity index (χ1) is 9.16. The van der Waals surface area contributed by atoms with E-state index < -0.39 is 0 Å². The van der Waals surface area contributed by atoms with Gasteiger partial charge in [0.1, 0.15) is 5.82 Å². The molecule has 2 rings (SSSR count). The smallest absolute Gasteiger partial charge is 0.224 e. The van der Waals surface area contributed by atoms with Crippen molar-refractivity contribution in [2.75, 3.05) is 43.9 Å². The Morgan fingerprint density at radius 1 is 1.53 bits per heavy atom. The average molecular weight is 265 g/mol. The van der Waals surface area contributed by atoms with E-state index in [1.54, 1.807) is 6.20 Å². The van der Waals surface area contributed by atoms with Crippen molar-refractivity contribution in [3.63, 3.8) is 0 Å². The zero-order valence-corrected chi connectivity index (χ0v) is 11.1. The summed E-state index contributed by atoms with van der Waals surface area (Å²) in [6, 6.07) is 0. The number of nitrogens with two attached hydrogens (primary N) is 1. The van der Waals surface area contributed by atoms with Gasteiger partial charge in [0.25, 0.3) is 0 Å². The number of nitrogens with zero attached hydrogens (tertiary/aromatic N) is 3. The highest BCUT2D eigenvalue weighted by Gasteiger charge is 2.16. The molecule has 7 heteroatoms. The molecule has 7 nitrogen and oxygen atoms in total. The van der Waals surface area contributed by atoms with Gasteiger partial charge in [-0.2, -0.15) is 4.98 Å². The molecule has 0 unspecified atom stereocenters. The summed E-state index contributed by atoms with van der Waals surface area (Å²) in [6.07, 6.45) is 2.10. The van der Waals surface area contributed by atoms with Crippen molar-refractivity contribution in [3.8, 4) is 0 Å². The van der Waals surface area contributed by atoms with Crippen LogP contribution in [-0.4, -0.2) is 53.6 Å². The number of morpholine rings is 1. The van der Waals surface area contributed by atoms with E-state index >= 15 is 0 Å². The van der Waals surface area contributed by atoms with Crippen LogP contribution in [0.15, 0.2) is 6.20 Å². The number of nitrogen functional groups attached to an aromatic ring is 1. The third-order valence-electron chi connectivity index (χ3n) is 2.99. The normalized spacial score (nSPS) is 15.3. The summed E-state index contributed by atoms with van der Waals surface area (Å²) in [4.78, 5) is 21.7. The second-order valence-corrected chi connectivity index (χ2v) is 4.43. The first-order valence-electron chi connectivity index (χ1n) is 6.35. The Bertz CT molecular complexity index is 446. The summed E-state index contributed by atoms with van der Waals surface area (Å²) < 4.78 is 5.21. The summed E-state index contributed by atoms with van der Waals surface area (Å²) in [5, 5.41) is 3.11. The van der Waals surface area contributed by atoms with Crippen LogP contribution in [0.4, 0.5) is 11.8 Å². The molecule has 1 aliphatic rings. The van der Waals surface area contributed by atoms with Crippen molar-refractivity contribution in [2.45, 2.75) is 13.3 Å². The summed E-state index contributed by atoms with van der Waals surface area (Å²) >= 11 is 0. The number of aromatic nitrogens is 2. The van der Waals surface area contributed by atoms with Gasteiger partial charge in [-0.3, -0.25) is 4.79 Å². The van der Waals surface area contributed by atoms with E-state index in [9.17, 15) is 4.79 Å². The quantitative estimate of drug-likeness (QED) is 0.797. The van der Waals surface area contributed by atoms with Gasteiger partial charge in [-0.1, -0.05) is 0 Å². The van der Waals surface area contributed by atoms with Gasteiger partial charge in [0, 0.05) is 37.8 Å². The highest BCUT2D eigenvalue weighted by molar-refractivity contribution is 5.76. The molecule has 0 aliphatic carbocycles. The minimum absolute atomic E-state index is 0.135. The van der Waals surface area contributed by atoms with Crippen molar-refractivity contribution in [2.24, 2.45) is 0 Å². The number of carbonyl (C=O) groups excluding carboxylic acids is 1. The van der Waals surface area contributed by atoms with Crippen LogP contribution in [0, 0.1) is 6.92 Å². The van der Waals surface area contributed by atoms with E-state index in [1.165, 1.54) is 0 Å². The van der Waals surface area contributed by atoms with Crippen molar-refractivity contribution in [3.05, 3.63) is 11.8 Å². The highest BCUT2D eigenvalue weighted by Crippen LogP contribution is 2.10. The molecular weight excluding hydrogens is 246 g/mol. The second kappa shape index (κ2) is 6.33. The van der Waals surface area contributed by atoms with Crippen molar-refractivity contribution < 1.29 is 9.53 Å². The molecule has 1 aromatic heterocycles. The highest BCUT2D eigenvalue weighted by atomic mass is 16.5. The Labute approximate surface area is 112 Å². The summed E-state index contributed by atoms with van der Waals surface area (Å²) in [7, 11) is 0. The number of hydrogen-bond donors (Lipinski definition) is 2. The number of carbonyl (C=O) groups is 1. The molecule has 0 spiro atoms. The Balaban J connectivity index is 1.79. The lowest BCUT2D eigenvalue weighted by Crippen LogP contribution is -2.41. The lowest BCUT2D eigenvalue weighted by atomic mass is 10.3. The average Bonchev–Trinajstić information content (AvgIpc) is 2.43. The summed E-state index contributed by atoms with van der Waals surface area (Å²) in [5.41, 5.74) is 6.43. The molecular formula is C12H19N5O2. The van der Waals surface area contributed by atoms with Crippen LogP contribution >= 0.6 is 0 Å². The van der Waals surface area contributed by atoms with Gasteiger partial charge in [0.05, 0.1) is 13.2 Å². The summed E-state index contributed by atoms with van der Waals surface area (Å²) in [6.45, 7) is 5.04. The Morgan fingerprint density at radius 2 is 2.26 bits per heavy atom. The third-order valence-corrected chi connectivity index (χ3v) is 2.99. The van der Waals surface area contributed by atoms with Gasteiger partial charge in [-0.25, -0.2) is 4.98 Å². The predicted molar refractivity (Wildman–Crippen MR) is 71.7 cm³/mol. The molecule has 1 saturated heterocycles. The van der Waals surface area contributed by atoms with Crippen LogP contribution in [0.25, 0.3) is 0 Å². The predicted octanol–water partition coefficient (Wildman–Crippen LogP) is 0.0280. The molecule has 0 atom stereocenters. The number of rotatable bonds is 4. The molecule has 0 aromatic carbocycles. The Morgan fingerprint density at radius 3 is 3.00 bits per heavy atom. The van der Waals surface area contributed by atoms with Crippen LogP contribution in [0.3, 0.4) is 0 Å². The second-order valence-electron chi connectivity index (χ2n) is 4.43. The van der Waals surface area contributed by atoms with E-state index in [0.717, 1.165) is 5.56 Å². The fraction of sp³-hybridized carbons (Fsp3) is 0.583. The first kappa shape index (κ1) is 13.5. The summed E-state index contributed by atoms with van der Waals surface area (Å²) in [5.74, 6) is 1.05.